The number of nitrogens with one attached hydrogen (secondary N) is 2. The standard InChI is InChI=1S/C21H20N4O4/c1-28-14-9-7-13(8-10-14)23-21(27)17-11-19(26)24-20-16(12-22-25(17)20)15-5-3-4-6-18(15)29-2/h3-10,12,17H,11H2,1-2H3,(H,23,27)(H,24,26)/t17-/m1/s1. The van der Waals surface area contributed by atoms with Crippen molar-refractivity contribution in [2.24, 2.45) is 0 Å². The number of rotatable bonds is 5. The Morgan fingerprint density at radius 1 is 1.10 bits per heavy atom. The van der Waals surface area contributed by atoms with Crippen LogP contribution in [0.4, 0.5) is 11.5 Å². The fraction of sp³-hybridized carbons (Fsp3) is 0.190. The molecule has 0 fully saturated rings. The summed E-state index contributed by atoms with van der Waals surface area (Å²) in [6, 6.07) is 13.7. The van der Waals surface area contributed by atoms with Gasteiger partial charge in [-0.1, -0.05) is 18.2 Å². The van der Waals surface area contributed by atoms with E-state index in [1.165, 1.54) is 0 Å². The lowest BCUT2D eigenvalue weighted by Crippen LogP contribution is -2.35. The highest BCUT2D eigenvalue weighted by Crippen LogP contribution is 2.38. The second kappa shape index (κ2) is 7.67. The summed E-state index contributed by atoms with van der Waals surface area (Å²) in [4.78, 5) is 25.2. The summed E-state index contributed by atoms with van der Waals surface area (Å²) in [7, 11) is 3.16. The number of carbonyl (C=O) groups is 2. The van der Waals surface area contributed by atoms with Crippen molar-refractivity contribution >= 4 is 23.3 Å². The normalized spacial score (nSPS) is 15.2. The minimum Gasteiger partial charge on any atom is -0.497 e. The zero-order valence-corrected chi connectivity index (χ0v) is 16.0. The first kappa shape index (κ1) is 18.5. The molecule has 0 bridgehead atoms. The van der Waals surface area contributed by atoms with Crippen molar-refractivity contribution < 1.29 is 19.1 Å². The van der Waals surface area contributed by atoms with Crippen molar-refractivity contribution in [3.05, 3.63) is 54.7 Å². The zero-order chi connectivity index (χ0) is 20.4. The van der Waals surface area contributed by atoms with E-state index in [0.717, 1.165) is 5.56 Å². The number of para-hydroxylation sites is 1. The van der Waals surface area contributed by atoms with Crippen molar-refractivity contribution in [2.75, 3.05) is 24.9 Å². The number of carbonyl (C=O) groups excluding carboxylic acids is 2. The fourth-order valence-electron chi connectivity index (χ4n) is 3.34. The number of hydrogen-bond acceptors (Lipinski definition) is 5. The van der Waals surface area contributed by atoms with Gasteiger partial charge in [-0.15, -0.1) is 0 Å². The summed E-state index contributed by atoms with van der Waals surface area (Å²) in [5.74, 6) is 1.25. The lowest BCUT2D eigenvalue weighted by molar-refractivity contribution is -0.125. The van der Waals surface area contributed by atoms with Gasteiger partial charge >= 0.3 is 0 Å². The summed E-state index contributed by atoms with van der Waals surface area (Å²) >= 11 is 0. The van der Waals surface area contributed by atoms with E-state index in [9.17, 15) is 9.59 Å². The number of anilines is 2. The number of fused-ring (bicyclic) bond motifs is 1. The van der Waals surface area contributed by atoms with Crippen LogP contribution in [0.25, 0.3) is 11.1 Å². The summed E-state index contributed by atoms with van der Waals surface area (Å²) in [5.41, 5.74) is 2.09. The highest BCUT2D eigenvalue weighted by atomic mass is 16.5. The van der Waals surface area contributed by atoms with Gasteiger partial charge in [0.05, 0.1) is 26.8 Å². The first-order valence-corrected chi connectivity index (χ1v) is 9.06. The van der Waals surface area contributed by atoms with Crippen molar-refractivity contribution in [3.8, 4) is 22.6 Å². The molecule has 0 unspecified atom stereocenters. The summed E-state index contributed by atoms with van der Waals surface area (Å²) in [5, 5.41) is 10.0. The summed E-state index contributed by atoms with van der Waals surface area (Å²) in [6.07, 6.45) is 1.63. The van der Waals surface area contributed by atoms with Crippen LogP contribution < -0.4 is 20.1 Å². The van der Waals surface area contributed by atoms with E-state index in [0.29, 0.717) is 28.6 Å². The van der Waals surface area contributed by atoms with E-state index < -0.39 is 6.04 Å². The van der Waals surface area contributed by atoms with Crippen LogP contribution in [-0.4, -0.2) is 35.8 Å². The third-order valence-electron chi connectivity index (χ3n) is 4.78. The average molecular weight is 392 g/mol. The van der Waals surface area contributed by atoms with Crippen LogP contribution in [0.3, 0.4) is 0 Å². The molecule has 1 aliphatic rings. The van der Waals surface area contributed by atoms with E-state index in [-0.39, 0.29) is 18.2 Å². The Balaban J connectivity index is 1.65. The molecule has 29 heavy (non-hydrogen) atoms. The average Bonchev–Trinajstić information content (AvgIpc) is 3.17. The fourth-order valence-corrected chi connectivity index (χ4v) is 3.34. The van der Waals surface area contributed by atoms with Gasteiger partial charge in [-0.2, -0.15) is 5.10 Å². The molecule has 0 aliphatic carbocycles. The minimum absolute atomic E-state index is 0.00202. The molecule has 3 aromatic rings. The Labute approximate surface area is 167 Å². The van der Waals surface area contributed by atoms with E-state index in [4.69, 9.17) is 9.47 Å². The quantitative estimate of drug-likeness (QED) is 0.696. The van der Waals surface area contributed by atoms with Gasteiger partial charge in [0, 0.05) is 16.8 Å². The van der Waals surface area contributed by atoms with Gasteiger partial charge in [0.1, 0.15) is 23.4 Å². The summed E-state index contributed by atoms with van der Waals surface area (Å²) in [6.45, 7) is 0. The van der Waals surface area contributed by atoms with E-state index in [1.807, 2.05) is 24.3 Å². The Bertz CT molecular complexity index is 1060. The molecule has 8 nitrogen and oxygen atoms in total. The Morgan fingerprint density at radius 2 is 1.86 bits per heavy atom. The first-order chi connectivity index (χ1) is 14.1. The van der Waals surface area contributed by atoms with E-state index in [2.05, 4.69) is 15.7 Å². The van der Waals surface area contributed by atoms with Crippen LogP contribution >= 0.6 is 0 Å². The van der Waals surface area contributed by atoms with Crippen LogP contribution in [0.1, 0.15) is 12.5 Å². The molecule has 0 saturated heterocycles. The predicted octanol–water partition coefficient (Wildman–Crippen LogP) is 3.09. The van der Waals surface area contributed by atoms with Crippen LogP contribution in [0.2, 0.25) is 0 Å². The summed E-state index contributed by atoms with van der Waals surface area (Å²) < 4.78 is 12.1. The maximum Gasteiger partial charge on any atom is 0.249 e. The van der Waals surface area contributed by atoms with Gasteiger partial charge in [0.15, 0.2) is 0 Å². The number of benzene rings is 2. The molecule has 8 heteroatoms. The Morgan fingerprint density at radius 3 is 2.59 bits per heavy atom. The van der Waals surface area contributed by atoms with Crippen molar-refractivity contribution in [1.82, 2.24) is 9.78 Å². The zero-order valence-electron chi connectivity index (χ0n) is 16.0. The highest BCUT2D eigenvalue weighted by Gasteiger charge is 2.33. The smallest absolute Gasteiger partial charge is 0.249 e. The maximum absolute atomic E-state index is 12.9. The molecular weight excluding hydrogens is 372 g/mol. The molecule has 2 aromatic carbocycles. The van der Waals surface area contributed by atoms with E-state index >= 15 is 0 Å². The van der Waals surface area contributed by atoms with Crippen molar-refractivity contribution in [2.45, 2.75) is 12.5 Å². The van der Waals surface area contributed by atoms with Gasteiger partial charge in [-0.3, -0.25) is 9.59 Å². The number of amides is 2. The molecule has 2 amide bonds. The second-order valence-electron chi connectivity index (χ2n) is 6.54. The van der Waals surface area contributed by atoms with Crippen LogP contribution in [0, 0.1) is 0 Å². The minimum atomic E-state index is -0.760. The molecule has 0 radical (unpaired) electrons. The van der Waals surface area contributed by atoms with Crippen molar-refractivity contribution in [3.63, 3.8) is 0 Å². The molecule has 2 N–H and O–H groups in total. The largest absolute Gasteiger partial charge is 0.497 e. The van der Waals surface area contributed by atoms with Gasteiger partial charge in [0.25, 0.3) is 0 Å². The van der Waals surface area contributed by atoms with Gasteiger partial charge < -0.3 is 20.1 Å². The molecule has 148 valence electrons. The first-order valence-electron chi connectivity index (χ1n) is 9.06. The Hall–Kier alpha value is -3.81. The van der Waals surface area contributed by atoms with Gasteiger partial charge in [-0.25, -0.2) is 4.68 Å². The second-order valence-corrected chi connectivity index (χ2v) is 6.54. The number of aromatic nitrogens is 2. The van der Waals surface area contributed by atoms with Crippen LogP contribution in [-0.2, 0) is 9.59 Å². The maximum atomic E-state index is 12.9. The topological polar surface area (TPSA) is 94.5 Å². The van der Waals surface area contributed by atoms with Crippen LogP contribution in [0.5, 0.6) is 11.5 Å². The molecule has 2 heterocycles. The highest BCUT2D eigenvalue weighted by molar-refractivity contribution is 6.03. The third kappa shape index (κ3) is 3.52. The molecular formula is C21H20N4O4. The van der Waals surface area contributed by atoms with Crippen molar-refractivity contribution in [1.29, 1.82) is 0 Å². The lowest BCUT2D eigenvalue weighted by Gasteiger charge is -2.24. The number of ether oxygens (including phenoxy) is 2. The molecule has 1 aliphatic heterocycles. The third-order valence-corrected chi connectivity index (χ3v) is 4.78. The lowest BCUT2D eigenvalue weighted by atomic mass is 10.1. The predicted molar refractivity (Wildman–Crippen MR) is 108 cm³/mol. The Kier molecular flexibility index (Phi) is 4.90. The number of methoxy groups -OCH3 is 2. The van der Waals surface area contributed by atoms with Gasteiger partial charge in [0.2, 0.25) is 11.8 Å². The number of nitrogens with zero attached hydrogens (tertiary/aromatic N) is 2. The molecule has 1 aromatic heterocycles. The molecule has 1 atom stereocenters. The number of hydrogen-bond donors (Lipinski definition) is 2. The van der Waals surface area contributed by atoms with Crippen LogP contribution in [0.15, 0.2) is 54.7 Å². The molecule has 0 saturated carbocycles. The monoisotopic (exact) mass is 392 g/mol. The SMILES string of the molecule is COc1ccc(NC(=O)[C@H]2CC(=O)Nc3c(-c4ccccc4OC)cnn32)cc1. The van der Waals surface area contributed by atoms with Gasteiger partial charge in [-0.05, 0) is 30.3 Å². The molecule has 0 spiro atoms. The van der Waals surface area contributed by atoms with E-state index in [1.54, 1.807) is 49.4 Å². The molecule has 4 rings (SSSR count).